The second-order valence-electron chi connectivity index (χ2n) is 5.71. The number of nitrogens with one attached hydrogen (secondary N) is 2. The van der Waals surface area contributed by atoms with Gasteiger partial charge in [-0.05, 0) is 29.4 Å². The van der Waals surface area contributed by atoms with E-state index in [9.17, 15) is 9.59 Å². The van der Waals surface area contributed by atoms with Gasteiger partial charge in [0.25, 0.3) is 0 Å². The Hall–Kier alpha value is -3.21. The van der Waals surface area contributed by atoms with Crippen LogP contribution < -0.4 is 10.6 Å². The van der Waals surface area contributed by atoms with Gasteiger partial charge in [0.15, 0.2) is 16.7 Å². The van der Waals surface area contributed by atoms with Gasteiger partial charge in [0.05, 0.1) is 5.75 Å². The zero-order valence-electron chi connectivity index (χ0n) is 14.9. The first-order valence-electron chi connectivity index (χ1n) is 7.93. The normalized spacial score (nSPS) is 10.6. The van der Waals surface area contributed by atoms with Crippen LogP contribution in [0.3, 0.4) is 0 Å². The molecule has 0 aliphatic carbocycles. The van der Waals surface area contributed by atoms with Crippen LogP contribution in [0.2, 0.25) is 0 Å². The Morgan fingerprint density at radius 3 is 2.59 bits per heavy atom. The predicted octanol–water partition coefficient (Wildman–Crippen LogP) is 1.86. The molecule has 0 bridgehead atoms. The van der Waals surface area contributed by atoms with Crippen LogP contribution in [0.15, 0.2) is 34.1 Å². The summed E-state index contributed by atoms with van der Waals surface area (Å²) >= 11 is 1.23. The zero-order valence-corrected chi connectivity index (χ0v) is 15.7. The maximum atomic E-state index is 12.1. The van der Waals surface area contributed by atoms with Gasteiger partial charge in [-0.25, -0.2) is 4.63 Å². The van der Waals surface area contributed by atoms with Crippen LogP contribution >= 0.6 is 11.8 Å². The highest BCUT2D eigenvalue weighted by molar-refractivity contribution is 7.99. The van der Waals surface area contributed by atoms with E-state index >= 15 is 0 Å². The maximum absolute atomic E-state index is 12.1. The number of nitrogens with zero attached hydrogens (tertiary/aromatic N) is 5. The number of carbonyl (C=O) groups is 2. The summed E-state index contributed by atoms with van der Waals surface area (Å²) in [6, 6.07) is 7.55. The molecule has 0 saturated heterocycles. The Bertz CT molecular complexity index is 965. The lowest BCUT2D eigenvalue weighted by Crippen LogP contribution is -2.14. The van der Waals surface area contributed by atoms with Crippen LogP contribution in [0.1, 0.15) is 12.5 Å². The minimum absolute atomic E-state index is 0.157. The van der Waals surface area contributed by atoms with E-state index in [0.29, 0.717) is 11.0 Å². The molecule has 0 aliphatic heterocycles. The molecule has 2 amide bonds. The standard InChI is InChI=1S/C16H17N7O3S/c1-9-4-6-11(7-5-9)18-12(25)8-27-16-20-19-15(23(16)3)13-14(17-10(2)24)22-26-21-13/h4-7H,8H2,1-3H3,(H,18,25)(H,17,22,24). The number of benzene rings is 1. The highest BCUT2D eigenvalue weighted by Crippen LogP contribution is 2.26. The number of hydrogen-bond acceptors (Lipinski definition) is 8. The van der Waals surface area contributed by atoms with Crippen molar-refractivity contribution in [2.24, 2.45) is 7.05 Å². The van der Waals surface area contributed by atoms with Gasteiger partial charge in [-0.15, -0.1) is 10.2 Å². The molecule has 2 aromatic heterocycles. The Morgan fingerprint density at radius 2 is 1.89 bits per heavy atom. The van der Waals surface area contributed by atoms with E-state index in [-0.39, 0.29) is 29.1 Å². The molecule has 3 rings (SSSR count). The van der Waals surface area contributed by atoms with Crippen molar-refractivity contribution in [3.8, 4) is 11.5 Å². The molecule has 3 aromatic rings. The van der Waals surface area contributed by atoms with Gasteiger partial charge in [-0.2, -0.15) is 0 Å². The van der Waals surface area contributed by atoms with Gasteiger partial charge in [0.2, 0.25) is 17.6 Å². The molecule has 10 nitrogen and oxygen atoms in total. The van der Waals surface area contributed by atoms with E-state index in [4.69, 9.17) is 0 Å². The topological polar surface area (TPSA) is 128 Å². The smallest absolute Gasteiger partial charge is 0.234 e. The van der Waals surface area contributed by atoms with Gasteiger partial charge in [0.1, 0.15) is 0 Å². The van der Waals surface area contributed by atoms with Gasteiger partial charge >= 0.3 is 0 Å². The number of rotatable bonds is 6. The second-order valence-corrected chi connectivity index (χ2v) is 6.65. The Morgan fingerprint density at radius 1 is 1.15 bits per heavy atom. The molecule has 1 aromatic carbocycles. The van der Waals surface area contributed by atoms with Crippen molar-refractivity contribution >= 4 is 35.1 Å². The maximum Gasteiger partial charge on any atom is 0.234 e. The lowest BCUT2D eigenvalue weighted by Gasteiger charge is -2.05. The number of hydrogen-bond donors (Lipinski definition) is 2. The highest BCUT2D eigenvalue weighted by atomic mass is 32.2. The molecule has 0 aliphatic rings. The van der Waals surface area contributed by atoms with Crippen molar-refractivity contribution < 1.29 is 14.2 Å². The van der Waals surface area contributed by atoms with Crippen LogP contribution in [0.4, 0.5) is 11.5 Å². The lowest BCUT2D eigenvalue weighted by atomic mass is 10.2. The molecule has 140 valence electrons. The fourth-order valence-electron chi connectivity index (χ4n) is 2.19. The van der Waals surface area contributed by atoms with Crippen molar-refractivity contribution in [3.63, 3.8) is 0 Å². The summed E-state index contributed by atoms with van der Waals surface area (Å²) in [5.41, 5.74) is 2.12. The van der Waals surface area contributed by atoms with E-state index < -0.39 is 0 Å². The molecule has 0 spiro atoms. The largest absolute Gasteiger partial charge is 0.325 e. The van der Waals surface area contributed by atoms with E-state index in [0.717, 1.165) is 11.3 Å². The summed E-state index contributed by atoms with van der Waals surface area (Å²) in [6.45, 7) is 3.33. The van der Waals surface area contributed by atoms with E-state index in [1.54, 1.807) is 11.6 Å². The van der Waals surface area contributed by atoms with Crippen molar-refractivity contribution in [2.45, 2.75) is 19.0 Å². The Kier molecular flexibility index (Phi) is 5.50. The van der Waals surface area contributed by atoms with Crippen LogP contribution in [-0.4, -0.2) is 42.6 Å². The summed E-state index contributed by atoms with van der Waals surface area (Å²) in [5, 5.41) is 21.3. The lowest BCUT2D eigenvalue weighted by molar-refractivity contribution is -0.114. The molecule has 0 fully saturated rings. The number of aromatic nitrogens is 5. The number of amides is 2. The average molecular weight is 387 g/mol. The summed E-state index contributed by atoms with van der Waals surface area (Å²) in [4.78, 5) is 23.3. The molecule has 0 atom stereocenters. The monoisotopic (exact) mass is 387 g/mol. The van der Waals surface area contributed by atoms with E-state index in [1.807, 2.05) is 31.2 Å². The van der Waals surface area contributed by atoms with Crippen LogP contribution in [0.5, 0.6) is 0 Å². The minimum atomic E-state index is -0.309. The molecule has 0 saturated carbocycles. The van der Waals surface area contributed by atoms with E-state index in [1.165, 1.54) is 18.7 Å². The Labute approximate surface area is 158 Å². The van der Waals surface area contributed by atoms with Crippen LogP contribution in [-0.2, 0) is 16.6 Å². The summed E-state index contributed by atoms with van der Waals surface area (Å²) in [7, 11) is 1.72. The molecular formula is C16H17N7O3S. The first-order chi connectivity index (χ1) is 12.9. The summed E-state index contributed by atoms with van der Waals surface area (Å²) in [5.74, 6) is 0.218. The highest BCUT2D eigenvalue weighted by Gasteiger charge is 2.21. The Balaban J connectivity index is 1.65. The van der Waals surface area contributed by atoms with Crippen LogP contribution in [0.25, 0.3) is 11.5 Å². The van der Waals surface area contributed by atoms with E-state index in [2.05, 4.69) is 35.8 Å². The number of thioether (sulfide) groups is 1. The van der Waals surface area contributed by atoms with Crippen molar-refractivity contribution in [3.05, 3.63) is 29.8 Å². The summed E-state index contributed by atoms with van der Waals surface area (Å²) in [6.07, 6.45) is 0. The fourth-order valence-corrected chi connectivity index (χ4v) is 2.91. The number of aryl methyl sites for hydroxylation is 1. The van der Waals surface area contributed by atoms with Gasteiger partial charge in [-0.1, -0.05) is 29.5 Å². The molecule has 0 radical (unpaired) electrons. The zero-order chi connectivity index (χ0) is 19.4. The van der Waals surface area contributed by atoms with Crippen LogP contribution in [0, 0.1) is 6.92 Å². The number of carbonyl (C=O) groups excluding carboxylic acids is 2. The van der Waals surface area contributed by atoms with Crippen molar-refractivity contribution in [1.82, 2.24) is 25.1 Å². The fraction of sp³-hybridized carbons (Fsp3) is 0.250. The third kappa shape index (κ3) is 4.50. The molecule has 2 heterocycles. The van der Waals surface area contributed by atoms with Crippen molar-refractivity contribution in [2.75, 3.05) is 16.4 Å². The first kappa shape index (κ1) is 18.6. The third-order valence-electron chi connectivity index (χ3n) is 3.50. The summed E-state index contributed by atoms with van der Waals surface area (Å²) < 4.78 is 6.32. The van der Waals surface area contributed by atoms with Gasteiger partial charge < -0.3 is 15.2 Å². The van der Waals surface area contributed by atoms with Crippen molar-refractivity contribution in [1.29, 1.82) is 0 Å². The molecule has 0 unspecified atom stereocenters. The molecule has 2 N–H and O–H groups in total. The second kappa shape index (κ2) is 7.99. The van der Waals surface area contributed by atoms with Gasteiger partial charge in [0, 0.05) is 19.7 Å². The molecule has 11 heteroatoms. The minimum Gasteiger partial charge on any atom is -0.325 e. The molecule has 27 heavy (non-hydrogen) atoms. The SMILES string of the molecule is CC(=O)Nc1nonc1-c1nnc(SCC(=O)Nc2ccc(C)cc2)n1C. The molecular weight excluding hydrogens is 370 g/mol. The number of anilines is 2. The van der Waals surface area contributed by atoms with Gasteiger partial charge in [-0.3, -0.25) is 9.59 Å². The third-order valence-corrected chi connectivity index (χ3v) is 4.52. The average Bonchev–Trinajstić information content (AvgIpc) is 3.21. The first-order valence-corrected chi connectivity index (χ1v) is 8.92. The quantitative estimate of drug-likeness (QED) is 0.614. The predicted molar refractivity (Wildman–Crippen MR) is 99.1 cm³/mol.